The van der Waals surface area contributed by atoms with E-state index in [1.807, 2.05) is 0 Å². The minimum Gasteiger partial charge on any atom is -0.360 e. The molecule has 108 valence electrons. The zero-order valence-electron chi connectivity index (χ0n) is 10.1. The van der Waals surface area contributed by atoms with Crippen LogP contribution >= 0.6 is 0 Å². The number of halogens is 4. The summed E-state index contributed by atoms with van der Waals surface area (Å²) in [6.07, 6.45) is -3.71. The molecule has 0 saturated heterocycles. The van der Waals surface area contributed by atoms with Crippen molar-refractivity contribution in [2.45, 2.75) is 6.18 Å². The molecule has 0 amide bonds. The average Bonchev–Trinajstić information content (AvgIpc) is 2.94. The minimum absolute atomic E-state index is 0.0249. The van der Waals surface area contributed by atoms with Gasteiger partial charge in [-0.2, -0.15) is 23.6 Å². The summed E-state index contributed by atoms with van der Waals surface area (Å²) in [6, 6.07) is 4.13. The van der Waals surface area contributed by atoms with Crippen molar-refractivity contribution in [3.8, 4) is 6.07 Å². The summed E-state index contributed by atoms with van der Waals surface area (Å²) in [6.45, 7) is 0. The molecule has 0 bridgehead atoms. The van der Waals surface area contributed by atoms with E-state index in [0.717, 1.165) is 12.3 Å². The van der Waals surface area contributed by atoms with E-state index in [-0.39, 0.29) is 17.1 Å². The molecule has 2 rings (SSSR count). The zero-order valence-corrected chi connectivity index (χ0v) is 10.1. The fourth-order valence-corrected chi connectivity index (χ4v) is 1.41. The molecule has 0 unspecified atom stereocenters. The molecule has 6 nitrogen and oxygen atoms in total. The van der Waals surface area contributed by atoms with E-state index in [2.05, 4.69) is 25.9 Å². The first-order valence-electron chi connectivity index (χ1n) is 5.39. The van der Waals surface area contributed by atoms with Gasteiger partial charge in [0.25, 0.3) is 0 Å². The van der Waals surface area contributed by atoms with Crippen LogP contribution in [0.2, 0.25) is 0 Å². The van der Waals surface area contributed by atoms with Gasteiger partial charge in [-0.25, -0.2) is 4.39 Å². The van der Waals surface area contributed by atoms with Crippen molar-refractivity contribution < 1.29 is 17.6 Å². The van der Waals surface area contributed by atoms with Crippen molar-refractivity contribution in [3.05, 3.63) is 41.6 Å². The molecule has 0 aliphatic rings. The largest absolute Gasteiger partial charge is 0.419 e. The van der Waals surface area contributed by atoms with E-state index in [0.29, 0.717) is 12.1 Å². The van der Waals surface area contributed by atoms with Gasteiger partial charge in [0, 0.05) is 11.9 Å². The maximum absolute atomic E-state index is 13.1. The van der Waals surface area contributed by atoms with Crippen molar-refractivity contribution in [2.24, 2.45) is 0 Å². The number of hydrogen-bond donors (Lipinski definition) is 2. The van der Waals surface area contributed by atoms with Crippen molar-refractivity contribution in [3.63, 3.8) is 0 Å². The highest BCUT2D eigenvalue weighted by atomic mass is 19.4. The number of rotatable bonds is 3. The van der Waals surface area contributed by atoms with Crippen LogP contribution in [0.1, 0.15) is 11.4 Å². The van der Waals surface area contributed by atoms with Crippen molar-refractivity contribution >= 4 is 11.3 Å². The molecule has 0 aliphatic heterocycles. The normalized spacial score (nSPS) is 12.0. The van der Waals surface area contributed by atoms with Gasteiger partial charge in [-0.3, -0.25) is 0 Å². The second-order valence-corrected chi connectivity index (χ2v) is 3.74. The van der Waals surface area contributed by atoms with Crippen LogP contribution in [0.4, 0.5) is 23.2 Å². The molecule has 0 radical (unpaired) electrons. The first kappa shape index (κ1) is 14.4. The number of alkyl halides is 3. The second-order valence-electron chi connectivity index (χ2n) is 3.74. The fraction of sp³-hybridized carbons (Fsp3) is 0.0909. The lowest BCUT2D eigenvalue weighted by Crippen LogP contribution is -2.08. The Labute approximate surface area is 115 Å². The van der Waals surface area contributed by atoms with Gasteiger partial charge in [-0.1, -0.05) is 0 Å². The third kappa shape index (κ3) is 3.33. The minimum atomic E-state index is -4.81. The molecule has 0 saturated carbocycles. The molecule has 1 heterocycles. The molecule has 0 spiro atoms. The van der Waals surface area contributed by atoms with Crippen LogP contribution in [0.3, 0.4) is 0 Å². The number of aromatic amines is 1. The van der Waals surface area contributed by atoms with Crippen LogP contribution in [-0.4, -0.2) is 20.6 Å². The average molecular weight is 298 g/mol. The Morgan fingerprint density at radius 1 is 1.38 bits per heavy atom. The standard InChI is InChI=1S/C11H6F4N6/c12-9-2-1-7(3-8(9)11(13,14)15)17-5-6(4-16)10-18-20-21-19-10/h1-3,5,17H,(H,18,19,20,21). The first-order chi connectivity index (χ1) is 9.91. The maximum atomic E-state index is 13.1. The summed E-state index contributed by atoms with van der Waals surface area (Å²) in [5, 5.41) is 23.8. The maximum Gasteiger partial charge on any atom is 0.419 e. The van der Waals surface area contributed by atoms with Gasteiger partial charge in [0.05, 0.1) is 5.56 Å². The number of allylic oxidation sites excluding steroid dienone is 1. The number of anilines is 1. The quantitative estimate of drug-likeness (QED) is 0.670. The van der Waals surface area contributed by atoms with Crippen molar-refractivity contribution in [1.29, 1.82) is 5.26 Å². The number of H-pyrrole nitrogens is 1. The molecule has 2 aromatic rings. The molecular weight excluding hydrogens is 292 g/mol. The summed E-state index contributed by atoms with van der Waals surface area (Å²) in [7, 11) is 0. The lowest BCUT2D eigenvalue weighted by molar-refractivity contribution is -0.139. The first-order valence-corrected chi connectivity index (χ1v) is 5.39. The van der Waals surface area contributed by atoms with Crippen LogP contribution in [0.15, 0.2) is 24.4 Å². The summed E-state index contributed by atoms with van der Waals surface area (Å²) in [5.41, 5.74) is -1.50. The molecule has 0 fully saturated rings. The fourth-order valence-electron chi connectivity index (χ4n) is 1.41. The second kappa shape index (κ2) is 5.58. The topological polar surface area (TPSA) is 90.3 Å². The molecule has 0 aliphatic carbocycles. The third-order valence-electron chi connectivity index (χ3n) is 2.36. The highest BCUT2D eigenvalue weighted by Crippen LogP contribution is 2.33. The smallest absolute Gasteiger partial charge is 0.360 e. The van der Waals surface area contributed by atoms with E-state index in [1.54, 1.807) is 6.07 Å². The van der Waals surface area contributed by atoms with E-state index < -0.39 is 17.6 Å². The summed E-state index contributed by atoms with van der Waals surface area (Å²) >= 11 is 0. The lowest BCUT2D eigenvalue weighted by Gasteiger charge is -2.10. The van der Waals surface area contributed by atoms with Crippen LogP contribution in [0, 0.1) is 17.1 Å². The van der Waals surface area contributed by atoms with E-state index in [4.69, 9.17) is 5.26 Å². The Hall–Kier alpha value is -2.96. The Morgan fingerprint density at radius 3 is 2.71 bits per heavy atom. The van der Waals surface area contributed by atoms with Gasteiger partial charge in [-0.15, -0.1) is 10.2 Å². The van der Waals surface area contributed by atoms with E-state index >= 15 is 0 Å². The SMILES string of the molecule is N#CC(=CNc1ccc(F)c(C(F)(F)F)c1)c1nn[nH]n1. The highest BCUT2D eigenvalue weighted by molar-refractivity contribution is 5.74. The number of nitriles is 1. The molecule has 2 N–H and O–H groups in total. The summed E-state index contributed by atoms with van der Waals surface area (Å²) in [5.74, 6) is -1.40. The number of benzene rings is 1. The number of aromatic nitrogens is 4. The Morgan fingerprint density at radius 2 is 2.14 bits per heavy atom. The number of hydrogen-bond acceptors (Lipinski definition) is 5. The van der Waals surface area contributed by atoms with Gasteiger partial charge < -0.3 is 5.32 Å². The number of tetrazole rings is 1. The van der Waals surface area contributed by atoms with Gasteiger partial charge in [0.15, 0.2) is 0 Å². The highest BCUT2D eigenvalue weighted by Gasteiger charge is 2.34. The van der Waals surface area contributed by atoms with E-state index in [9.17, 15) is 17.6 Å². The lowest BCUT2D eigenvalue weighted by atomic mass is 10.2. The van der Waals surface area contributed by atoms with Crippen molar-refractivity contribution in [1.82, 2.24) is 20.6 Å². The van der Waals surface area contributed by atoms with Crippen molar-refractivity contribution in [2.75, 3.05) is 5.32 Å². The van der Waals surface area contributed by atoms with Crippen LogP contribution in [0.5, 0.6) is 0 Å². The van der Waals surface area contributed by atoms with E-state index in [1.165, 1.54) is 0 Å². The summed E-state index contributed by atoms with van der Waals surface area (Å²) < 4.78 is 50.8. The molecule has 0 atom stereocenters. The Bertz CT molecular complexity index is 698. The molecule has 10 heteroatoms. The van der Waals surface area contributed by atoms with Crippen LogP contribution < -0.4 is 5.32 Å². The zero-order chi connectivity index (χ0) is 15.5. The third-order valence-corrected chi connectivity index (χ3v) is 2.36. The molecular formula is C11H6F4N6. The number of nitrogens with zero attached hydrogens (tertiary/aromatic N) is 4. The molecule has 1 aromatic carbocycles. The van der Waals surface area contributed by atoms with Gasteiger partial charge in [-0.05, 0) is 23.4 Å². The molecule has 1 aromatic heterocycles. The Balaban J connectivity index is 2.27. The predicted octanol–water partition coefficient (Wildman–Crippen LogP) is 2.33. The summed E-state index contributed by atoms with van der Waals surface area (Å²) in [4.78, 5) is 0. The Kier molecular flexibility index (Phi) is 3.84. The van der Waals surface area contributed by atoms with Gasteiger partial charge in [0.1, 0.15) is 17.5 Å². The molecule has 21 heavy (non-hydrogen) atoms. The van der Waals surface area contributed by atoms with Crippen LogP contribution in [-0.2, 0) is 6.18 Å². The monoisotopic (exact) mass is 298 g/mol. The number of nitrogens with one attached hydrogen (secondary N) is 2. The van der Waals surface area contributed by atoms with Gasteiger partial charge in [0.2, 0.25) is 5.82 Å². The predicted molar refractivity (Wildman–Crippen MR) is 62.8 cm³/mol. The van der Waals surface area contributed by atoms with Crippen LogP contribution in [0.25, 0.3) is 5.57 Å². The van der Waals surface area contributed by atoms with Gasteiger partial charge >= 0.3 is 6.18 Å².